The second kappa shape index (κ2) is 6.23. The van der Waals surface area contributed by atoms with Crippen LogP contribution in [-0.4, -0.2) is 29.9 Å². The maximum atomic E-state index is 12.7. The molecule has 1 saturated heterocycles. The van der Waals surface area contributed by atoms with Crippen LogP contribution < -0.4 is 5.73 Å². The molecule has 3 nitrogen and oxygen atoms in total. The average molecular weight is 301 g/mol. The molecule has 2 N–H and O–H groups in total. The van der Waals surface area contributed by atoms with Gasteiger partial charge in [0.05, 0.1) is 5.92 Å². The number of carbonyl (C=O) groups excluding carboxylic acids is 1. The molecule has 0 spiro atoms. The minimum Gasteiger partial charge on any atom is -0.342 e. The zero-order chi connectivity index (χ0) is 13.6. The number of carbonyl (C=O) groups is 1. The van der Waals surface area contributed by atoms with Gasteiger partial charge in [0.25, 0.3) is 0 Å². The third-order valence-corrected chi connectivity index (χ3v) is 6.06. The molecule has 116 valence electrons. The van der Waals surface area contributed by atoms with Crippen molar-refractivity contribution < 1.29 is 4.79 Å². The maximum Gasteiger partial charge on any atom is 0.227 e. The van der Waals surface area contributed by atoms with Gasteiger partial charge in [-0.15, -0.1) is 12.4 Å². The fourth-order valence-corrected chi connectivity index (χ4v) is 4.70. The normalized spacial score (nSPS) is 37.3. The highest BCUT2D eigenvalue weighted by atomic mass is 35.5. The quantitative estimate of drug-likeness (QED) is 0.852. The molecule has 0 aromatic heterocycles. The van der Waals surface area contributed by atoms with Gasteiger partial charge in [0, 0.05) is 19.1 Å². The zero-order valence-corrected chi connectivity index (χ0v) is 13.6. The summed E-state index contributed by atoms with van der Waals surface area (Å²) >= 11 is 0. The van der Waals surface area contributed by atoms with Crippen LogP contribution in [0.3, 0.4) is 0 Å². The first-order valence-electron chi connectivity index (χ1n) is 8.12. The van der Waals surface area contributed by atoms with Crippen molar-refractivity contribution in [2.45, 2.75) is 52.0 Å². The van der Waals surface area contributed by atoms with Crippen molar-refractivity contribution in [1.29, 1.82) is 0 Å². The second-order valence-electron chi connectivity index (χ2n) is 7.34. The Morgan fingerprint density at radius 3 is 2.20 bits per heavy atom. The molecule has 2 bridgehead atoms. The summed E-state index contributed by atoms with van der Waals surface area (Å²) in [5.41, 5.74) is 6.30. The Balaban J connectivity index is 0.00000147. The number of amides is 1. The van der Waals surface area contributed by atoms with Crippen LogP contribution in [-0.2, 0) is 4.79 Å². The second-order valence-corrected chi connectivity index (χ2v) is 7.34. The molecule has 2 saturated carbocycles. The molecule has 3 aliphatic rings. The number of nitrogens with two attached hydrogens (primary N) is 1. The fourth-order valence-electron chi connectivity index (χ4n) is 4.70. The summed E-state index contributed by atoms with van der Waals surface area (Å²) in [6, 6.07) is 0.147. The monoisotopic (exact) mass is 300 g/mol. The minimum atomic E-state index is 0. The Labute approximate surface area is 129 Å². The first kappa shape index (κ1) is 16.1. The molecule has 20 heavy (non-hydrogen) atoms. The standard InChI is InChI=1S/C16H28N2O.ClH/c1-10(2)11-5-7-18(8-6-11)16(19)14-12-3-4-13(9-12)15(14)17;/h10-15H,3-9,17H2,1-2H3;1H. The average Bonchev–Trinajstić information content (AvgIpc) is 2.99. The van der Waals surface area contributed by atoms with E-state index in [1.807, 2.05) is 0 Å². The summed E-state index contributed by atoms with van der Waals surface area (Å²) in [5.74, 6) is 3.30. The smallest absolute Gasteiger partial charge is 0.227 e. The first-order chi connectivity index (χ1) is 9.08. The lowest BCUT2D eigenvalue weighted by molar-refractivity contribution is -0.139. The molecule has 1 aliphatic heterocycles. The van der Waals surface area contributed by atoms with Crippen LogP contribution in [0.2, 0.25) is 0 Å². The van der Waals surface area contributed by atoms with Crippen molar-refractivity contribution in [1.82, 2.24) is 4.90 Å². The van der Waals surface area contributed by atoms with E-state index in [1.54, 1.807) is 0 Å². The van der Waals surface area contributed by atoms with Crippen molar-refractivity contribution in [3.63, 3.8) is 0 Å². The number of halogens is 1. The van der Waals surface area contributed by atoms with Crippen LogP contribution in [0.5, 0.6) is 0 Å². The number of piperidine rings is 1. The molecular formula is C16H29ClN2O. The first-order valence-corrected chi connectivity index (χ1v) is 8.12. The third-order valence-electron chi connectivity index (χ3n) is 6.06. The largest absolute Gasteiger partial charge is 0.342 e. The van der Waals surface area contributed by atoms with E-state index in [4.69, 9.17) is 5.73 Å². The van der Waals surface area contributed by atoms with Gasteiger partial charge in [-0.2, -0.15) is 0 Å². The van der Waals surface area contributed by atoms with Crippen LogP contribution in [0.15, 0.2) is 0 Å². The summed E-state index contributed by atoms with van der Waals surface area (Å²) < 4.78 is 0. The Morgan fingerprint density at radius 2 is 1.70 bits per heavy atom. The van der Waals surface area contributed by atoms with E-state index in [2.05, 4.69) is 18.7 Å². The van der Waals surface area contributed by atoms with Gasteiger partial charge in [0.1, 0.15) is 0 Å². The van der Waals surface area contributed by atoms with E-state index < -0.39 is 0 Å². The molecule has 4 unspecified atom stereocenters. The summed E-state index contributed by atoms with van der Waals surface area (Å²) in [6.45, 7) is 6.52. The summed E-state index contributed by atoms with van der Waals surface area (Å²) in [4.78, 5) is 14.8. The molecule has 1 heterocycles. The van der Waals surface area contributed by atoms with Gasteiger partial charge in [-0.3, -0.25) is 4.79 Å². The van der Waals surface area contributed by atoms with Gasteiger partial charge in [-0.25, -0.2) is 0 Å². The lowest BCUT2D eigenvalue weighted by Gasteiger charge is -2.38. The van der Waals surface area contributed by atoms with Gasteiger partial charge in [0.2, 0.25) is 5.91 Å². The van der Waals surface area contributed by atoms with Crippen molar-refractivity contribution in [2.24, 2.45) is 35.3 Å². The highest BCUT2D eigenvalue weighted by molar-refractivity contribution is 5.85. The zero-order valence-electron chi connectivity index (χ0n) is 12.8. The molecule has 0 aromatic rings. The third kappa shape index (κ3) is 2.71. The fraction of sp³-hybridized carbons (Fsp3) is 0.938. The topological polar surface area (TPSA) is 46.3 Å². The summed E-state index contributed by atoms with van der Waals surface area (Å²) in [7, 11) is 0. The van der Waals surface area contributed by atoms with E-state index in [0.29, 0.717) is 17.7 Å². The number of nitrogens with zero attached hydrogens (tertiary/aromatic N) is 1. The Hall–Kier alpha value is -0.280. The summed E-state index contributed by atoms with van der Waals surface area (Å²) in [6.07, 6.45) is 6.06. The van der Waals surface area contributed by atoms with E-state index in [0.717, 1.165) is 24.9 Å². The lowest BCUT2D eigenvalue weighted by atomic mass is 9.82. The summed E-state index contributed by atoms with van der Waals surface area (Å²) in [5, 5.41) is 0. The van der Waals surface area contributed by atoms with E-state index in [-0.39, 0.29) is 24.4 Å². The number of fused-ring (bicyclic) bond motifs is 2. The van der Waals surface area contributed by atoms with Crippen LogP contribution >= 0.6 is 12.4 Å². The molecule has 1 amide bonds. The van der Waals surface area contributed by atoms with Crippen LogP contribution in [0.4, 0.5) is 0 Å². The predicted octanol–water partition coefficient (Wildman–Crippen LogP) is 2.68. The highest BCUT2D eigenvalue weighted by Crippen LogP contribution is 2.48. The van der Waals surface area contributed by atoms with Crippen molar-refractivity contribution >= 4 is 18.3 Å². The molecule has 3 fully saturated rings. The van der Waals surface area contributed by atoms with Gasteiger partial charge in [-0.05, 0) is 55.8 Å². The van der Waals surface area contributed by atoms with E-state index in [9.17, 15) is 4.79 Å². The van der Waals surface area contributed by atoms with Crippen molar-refractivity contribution in [2.75, 3.05) is 13.1 Å². The Morgan fingerprint density at radius 1 is 1.10 bits per heavy atom. The van der Waals surface area contributed by atoms with Gasteiger partial charge in [-0.1, -0.05) is 13.8 Å². The van der Waals surface area contributed by atoms with Crippen LogP contribution in [0.25, 0.3) is 0 Å². The molecule has 0 aromatic carbocycles. The number of rotatable bonds is 2. The van der Waals surface area contributed by atoms with Crippen molar-refractivity contribution in [3.05, 3.63) is 0 Å². The highest BCUT2D eigenvalue weighted by Gasteiger charge is 2.50. The molecule has 4 heteroatoms. The van der Waals surface area contributed by atoms with Crippen LogP contribution in [0.1, 0.15) is 46.0 Å². The molecule has 4 atom stereocenters. The number of hydrogen-bond donors (Lipinski definition) is 1. The van der Waals surface area contributed by atoms with E-state index in [1.165, 1.54) is 32.1 Å². The SMILES string of the molecule is CC(C)C1CCN(C(=O)C2C3CCC(C3)C2N)CC1.Cl. The minimum absolute atomic E-state index is 0. The molecule has 3 rings (SSSR count). The van der Waals surface area contributed by atoms with Crippen LogP contribution in [0, 0.1) is 29.6 Å². The molecular weight excluding hydrogens is 272 g/mol. The number of likely N-dealkylation sites (tertiary alicyclic amines) is 1. The van der Waals surface area contributed by atoms with Gasteiger partial charge < -0.3 is 10.6 Å². The van der Waals surface area contributed by atoms with Gasteiger partial charge in [0.15, 0.2) is 0 Å². The Bertz CT molecular complexity index is 350. The van der Waals surface area contributed by atoms with Crippen molar-refractivity contribution in [3.8, 4) is 0 Å². The predicted molar refractivity (Wildman–Crippen MR) is 83.7 cm³/mol. The molecule has 0 radical (unpaired) electrons. The Kier molecular flexibility index (Phi) is 5.01. The van der Waals surface area contributed by atoms with E-state index >= 15 is 0 Å². The van der Waals surface area contributed by atoms with Gasteiger partial charge >= 0.3 is 0 Å². The number of hydrogen-bond acceptors (Lipinski definition) is 2. The maximum absolute atomic E-state index is 12.7. The molecule has 2 aliphatic carbocycles. The lowest BCUT2D eigenvalue weighted by Crippen LogP contribution is -2.49.